The second kappa shape index (κ2) is 8.97. The molecule has 2 fully saturated rings. The Morgan fingerprint density at radius 1 is 0.640 bits per heavy atom. The van der Waals surface area contributed by atoms with Gasteiger partial charge in [-0.25, -0.2) is 0 Å². The Balaban J connectivity index is 1.96. The lowest BCUT2D eigenvalue weighted by molar-refractivity contribution is -0.328. The highest BCUT2D eigenvalue weighted by Gasteiger charge is 2.47. The van der Waals surface area contributed by atoms with Crippen LogP contribution in [0, 0.1) is 0 Å². The van der Waals surface area contributed by atoms with E-state index in [1.807, 2.05) is 0 Å². The molecule has 6 N–H and O–H groups in total. The van der Waals surface area contributed by atoms with E-state index < -0.39 is 61.4 Å². The zero-order valence-electron chi connectivity index (χ0n) is 13.9. The molecule has 11 nitrogen and oxygen atoms in total. The fourth-order valence-electron chi connectivity index (χ4n) is 2.79. The molecule has 0 radical (unpaired) electrons. The van der Waals surface area contributed by atoms with Crippen molar-refractivity contribution in [2.45, 2.75) is 61.4 Å². The fourth-order valence-corrected chi connectivity index (χ4v) is 2.79. The minimum atomic E-state index is -1.54. The van der Waals surface area contributed by atoms with Crippen LogP contribution in [0.5, 0.6) is 0 Å². The van der Waals surface area contributed by atoms with Gasteiger partial charge in [0, 0.05) is 14.2 Å². The molecular formula is C14H26O11. The van der Waals surface area contributed by atoms with Gasteiger partial charge in [0.25, 0.3) is 0 Å². The van der Waals surface area contributed by atoms with Crippen LogP contribution in [0.1, 0.15) is 0 Å². The van der Waals surface area contributed by atoms with Crippen LogP contribution in [0.25, 0.3) is 0 Å². The van der Waals surface area contributed by atoms with E-state index in [-0.39, 0.29) is 13.2 Å². The van der Waals surface area contributed by atoms with Gasteiger partial charge >= 0.3 is 0 Å². The number of aliphatic hydroxyl groups excluding tert-OH is 6. The van der Waals surface area contributed by atoms with Crippen LogP contribution < -0.4 is 0 Å². The number of aliphatic hydroxyl groups is 6. The smallest absolute Gasteiger partial charge is 0.186 e. The molecular weight excluding hydrogens is 344 g/mol. The highest BCUT2D eigenvalue weighted by atomic mass is 16.7. The molecule has 0 bridgehead atoms. The standard InChI is InChI=1S/C14H26O11/c1-21-3-5-7(15)10(18)12(20)14(25-5)23-4-6-8(16)9(17)11(19)13(22-2)24-6/h5-20H,3-4H2,1-2H3/t5?,6?,7-,8-,9+,10+,11?,12?,13+,14+/m1/s1. The SMILES string of the molecule is COCC1O[C@H](OCC2O[C@H](OC)C(O)[C@@H](O)[C@@H]2O)C(O)[C@@H](O)[C@@H]1O. The van der Waals surface area contributed by atoms with E-state index >= 15 is 0 Å². The first-order chi connectivity index (χ1) is 11.8. The Hall–Kier alpha value is -0.440. The van der Waals surface area contributed by atoms with E-state index in [9.17, 15) is 30.6 Å². The normalized spacial score (nSPS) is 48.5. The first kappa shape index (κ1) is 20.9. The van der Waals surface area contributed by atoms with Crippen LogP contribution in [-0.4, -0.2) is 119 Å². The lowest BCUT2D eigenvalue weighted by Crippen LogP contribution is -2.61. The zero-order chi connectivity index (χ0) is 18.7. The van der Waals surface area contributed by atoms with Crippen molar-refractivity contribution in [1.29, 1.82) is 0 Å². The van der Waals surface area contributed by atoms with Gasteiger partial charge in [0.1, 0.15) is 48.8 Å². The van der Waals surface area contributed by atoms with Crippen LogP contribution in [0.4, 0.5) is 0 Å². The molecule has 4 unspecified atom stereocenters. The highest BCUT2D eigenvalue weighted by molar-refractivity contribution is 4.91. The number of hydrogen-bond donors (Lipinski definition) is 6. The Kier molecular flexibility index (Phi) is 7.49. The summed E-state index contributed by atoms with van der Waals surface area (Å²) in [5.41, 5.74) is 0. The summed E-state index contributed by atoms with van der Waals surface area (Å²) in [4.78, 5) is 0. The molecule has 10 atom stereocenters. The second-order valence-corrected chi connectivity index (χ2v) is 6.05. The Bertz CT molecular complexity index is 408. The lowest BCUT2D eigenvalue weighted by atomic mass is 9.98. The second-order valence-electron chi connectivity index (χ2n) is 6.05. The minimum Gasteiger partial charge on any atom is -0.387 e. The average molecular weight is 370 g/mol. The molecule has 148 valence electrons. The van der Waals surface area contributed by atoms with Gasteiger partial charge in [-0.3, -0.25) is 0 Å². The summed E-state index contributed by atoms with van der Waals surface area (Å²) in [6.07, 6.45) is -13.3. The van der Waals surface area contributed by atoms with Crippen molar-refractivity contribution in [3.63, 3.8) is 0 Å². The molecule has 2 rings (SSSR count). The maximum atomic E-state index is 9.96. The molecule has 2 aliphatic heterocycles. The van der Waals surface area contributed by atoms with Crippen LogP contribution in [0.15, 0.2) is 0 Å². The molecule has 2 saturated heterocycles. The van der Waals surface area contributed by atoms with Gasteiger partial charge in [0.2, 0.25) is 0 Å². The third-order valence-electron chi connectivity index (χ3n) is 4.33. The van der Waals surface area contributed by atoms with E-state index in [1.54, 1.807) is 0 Å². The van der Waals surface area contributed by atoms with Crippen molar-refractivity contribution in [3.05, 3.63) is 0 Å². The summed E-state index contributed by atoms with van der Waals surface area (Å²) in [5, 5.41) is 59.1. The molecule has 0 spiro atoms. The third-order valence-corrected chi connectivity index (χ3v) is 4.33. The van der Waals surface area contributed by atoms with Crippen LogP contribution >= 0.6 is 0 Å². The summed E-state index contributed by atoms with van der Waals surface area (Å²) in [5.74, 6) is 0. The van der Waals surface area contributed by atoms with Gasteiger partial charge < -0.3 is 54.3 Å². The molecule has 0 aromatic rings. The lowest BCUT2D eigenvalue weighted by Gasteiger charge is -2.42. The first-order valence-electron chi connectivity index (χ1n) is 7.84. The van der Waals surface area contributed by atoms with Gasteiger partial charge in [-0.2, -0.15) is 0 Å². The van der Waals surface area contributed by atoms with Crippen molar-refractivity contribution >= 4 is 0 Å². The van der Waals surface area contributed by atoms with Crippen molar-refractivity contribution in [2.75, 3.05) is 27.4 Å². The van der Waals surface area contributed by atoms with Gasteiger partial charge in [0.15, 0.2) is 12.6 Å². The molecule has 0 amide bonds. The number of methoxy groups -OCH3 is 2. The van der Waals surface area contributed by atoms with Crippen molar-refractivity contribution in [2.24, 2.45) is 0 Å². The van der Waals surface area contributed by atoms with E-state index in [2.05, 4.69) is 0 Å². The number of ether oxygens (including phenoxy) is 5. The van der Waals surface area contributed by atoms with Crippen LogP contribution in [0.2, 0.25) is 0 Å². The molecule has 0 aromatic carbocycles. The van der Waals surface area contributed by atoms with Crippen molar-refractivity contribution in [3.8, 4) is 0 Å². The van der Waals surface area contributed by atoms with Crippen molar-refractivity contribution in [1.82, 2.24) is 0 Å². The predicted molar refractivity (Wildman–Crippen MR) is 78.2 cm³/mol. The third kappa shape index (κ3) is 4.46. The Morgan fingerprint density at radius 3 is 1.64 bits per heavy atom. The summed E-state index contributed by atoms with van der Waals surface area (Å²) >= 11 is 0. The minimum absolute atomic E-state index is 0.0377. The monoisotopic (exact) mass is 370 g/mol. The van der Waals surface area contributed by atoms with E-state index in [0.717, 1.165) is 0 Å². The molecule has 0 aromatic heterocycles. The molecule has 11 heteroatoms. The van der Waals surface area contributed by atoms with Gasteiger partial charge in [-0.15, -0.1) is 0 Å². The van der Waals surface area contributed by atoms with Crippen LogP contribution in [0.3, 0.4) is 0 Å². The molecule has 2 aliphatic rings. The van der Waals surface area contributed by atoms with Gasteiger partial charge in [0.05, 0.1) is 13.2 Å². The molecule has 25 heavy (non-hydrogen) atoms. The largest absolute Gasteiger partial charge is 0.387 e. The number of hydrogen-bond acceptors (Lipinski definition) is 11. The van der Waals surface area contributed by atoms with Crippen LogP contribution in [-0.2, 0) is 23.7 Å². The molecule has 0 aliphatic carbocycles. The Morgan fingerprint density at radius 2 is 1.12 bits per heavy atom. The van der Waals surface area contributed by atoms with E-state index in [4.69, 9.17) is 23.7 Å². The topological polar surface area (TPSA) is 168 Å². The van der Waals surface area contributed by atoms with Gasteiger partial charge in [-0.05, 0) is 0 Å². The van der Waals surface area contributed by atoms with Gasteiger partial charge in [-0.1, -0.05) is 0 Å². The van der Waals surface area contributed by atoms with E-state index in [0.29, 0.717) is 0 Å². The maximum absolute atomic E-state index is 9.96. The van der Waals surface area contributed by atoms with Crippen molar-refractivity contribution < 1.29 is 54.3 Å². The summed E-state index contributed by atoms with van der Waals surface area (Å²) in [6.45, 7) is -0.376. The first-order valence-corrected chi connectivity index (χ1v) is 7.84. The highest BCUT2D eigenvalue weighted by Crippen LogP contribution is 2.25. The van der Waals surface area contributed by atoms with E-state index in [1.165, 1.54) is 14.2 Å². The molecule has 2 heterocycles. The summed E-state index contributed by atoms with van der Waals surface area (Å²) in [6, 6.07) is 0. The fraction of sp³-hybridized carbons (Fsp3) is 1.00. The average Bonchev–Trinajstić information content (AvgIpc) is 2.60. The zero-order valence-corrected chi connectivity index (χ0v) is 13.9. The Labute approximate surface area is 144 Å². The maximum Gasteiger partial charge on any atom is 0.186 e. The summed E-state index contributed by atoms with van der Waals surface area (Å²) in [7, 11) is 2.64. The quantitative estimate of drug-likeness (QED) is 0.269. The predicted octanol–water partition coefficient (Wildman–Crippen LogP) is -4.09. The number of rotatable bonds is 6. The summed E-state index contributed by atoms with van der Waals surface area (Å²) < 4.78 is 25.8. The molecule has 0 saturated carbocycles.